The summed E-state index contributed by atoms with van der Waals surface area (Å²) in [5, 5.41) is 10.8. The fraction of sp³-hybridized carbons (Fsp3) is 0.123. The average Bonchev–Trinajstić information content (AvgIpc) is 1.68. The molecule has 0 atom stereocenters. The molecule has 456 valence electrons. The van der Waals surface area contributed by atoms with Gasteiger partial charge in [-0.15, -0.1) is 0 Å². The van der Waals surface area contributed by atoms with Gasteiger partial charge in [-0.1, -0.05) is 145 Å². The molecule has 5 aromatic heterocycles. The van der Waals surface area contributed by atoms with Gasteiger partial charge in [0.2, 0.25) is 22.5 Å². The summed E-state index contributed by atoms with van der Waals surface area (Å²) in [6, 6.07) is 53.4. The van der Waals surface area contributed by atoms with Crippen molar-refractivity contribution in [3.8, 4) is 5.95 Å². The summed E-state index contributed by atoms with van der Waals surface area (Å²) in [5.74, 6) is 3.81. The molecule has 4 aliphatic rings. The third kappa shape index (κ3) is 17.1. The van der Waals surface area contributed by atoms with E-state index in [9.17, 15) is 0 Å². The minimum absolute atomic E-state index is 0. The number of anilines is 7. The van der Waals surface area contributed by atoms with Gasteiger partial charge in [0.25, 0.3) is 0 Å². The van der Waals surface area contributed by atoms with Crippen LogP contribution in [0.15, 0.2) is 184 Å². The molecule has 0 saturated heterocycles. The van der Waals surface area contributed by atoms with Gasteiger partial charge in [-0.3, -0.25) is 20.0 Å². The van der Waals surface area contributed by atoms with Crippen LogP contribution in [0.1, 0.15) is 50.9 Å². The van der Waals surface area contributed by atoms with Crippen molar-refractivity contribution in [2.45, 2.75) is 51.7 Å². The number of rotatable bonds is 12. The zero-order valence-corrected chi connectivity index (χ0v) is 56.7. The molecule has 6 aromatic carbocycles. The van der Waals surface area contributed by atoms with E-state index < -0.39 is 0 Å². The van der Waals surface area contributed by atoms with Gasteiger partial charge in [-0.25, -0.2) is 39.5 Å². The van der Waals surface area contributed by atoms with E-state index in [4.69, 9.17) is 67.7 Å². The van der Waals surface area contributed by atoms with Crippen LogP contribution in [0.3, 0.4) is 0 Å². The van der Waals surface area contributed by atoms with Gasteiger partial charge in [0.05, 0.1) is 45.2 Å². The number of imidazole rings is 1. The molecular weight excluding hydrogens is 1550 g/mol. The molecule has 0 spiro atoms. The summed E-state index contributed by atoms with van der Waals surface area (Å²) in [5.41, 5.74) is 38.0. The molecule has 0 aliphatic carbocycles. The number of aliphatic imine (C=N–C) groups is 4. The number of aromatic nitrogens is 10. The first kappa shape index (κ1) is 66.1. The second kappa shape index (κ2) is 31.9. The molecule has 26 heteroatoms. The van der Waals surface area contributed by atoms with Crippen LogP contribution in [0.4, 0.5) is 63.2 Å². The van der Waals surface area contributed by atoms with Crippen LogP contribution in [-0.2, 0) is 93.9 Å². The minimum Gasteiger partial charge on any atom is -0.398 e. The van der Waals surface area contributed by atoms with E-state index in [2.05, 4.69) is 107 Å². The Morgan fingerprint density at radius 3 is 1.31 bits per heavy atom. The monoisotopic (exact) mass is 1610 g/mol. The van der Waals surface area contributed by atoms with Crippen molar-refractivity contribution in [2.75, 3.05) is 38.9 Å². The second-order valence-corrected chi connectivity index (χ2v) is 21.1. The molecule has 9 heterocycles. The van der Waals surface area contributed by atoms with Crippen molar-refractivity contribution in [1.82, 2.24) is 49.4 Å². The number of hydrogen-bond acceptors (Lipinski definition) is 20. The number of nitrogens with two attached hydrogens (primary N) is 4. The summed E-state index contributed by atoms with van der Waals surface area (Å²) in [7, 11) is 0. The maximum atomic E-state index is 6.17. The Balaban J connectivity index is 0.000000141. The predicted molar refractivity (Wildman–Crippen MR) is 360 cm³/mol. The third-order valence-electron chi connectivity index (χ3n) is 13.9. The molecule has 15 rings (SSSR count). The summed E-state index contributed by atoms with van der Waals surface area (Å²) in [6.07, 6.45) is 10.7. The van der Waals surface area contributed by atoms with Crippen LogP contribution >= 0.6 is 34.8 Å². The number of nitrogens with zero attached hydrogens (tertiary/aromatic N) is 14. The molecule has 0 amide bonds. The zero-order chi connectivity index (χ0) is 61.5. The Morgan fingerprint density at radius 2 is 0.791 bits per heavy atom. The summed E-state index contributed by atoms with van der Waals surface area (Å²) >= 11 is 17.2. The van der Waals surface area contributed by atoms with Gasteiger partial charge in [-0.05, 0) is 75.8 Å². The van der Waals surface area contributed by atoms with Crippen LogP contribution in [0.2, 0.25) is 15.7 Å². The Kier molecular flexibility index (Phi) is 23.2. The molecular formula is C65H58Cl3N21W2. The van der Waals surface area contributed by atoms with Crippen molar-refractivity contribution in [2.24, 2.45) is 20.0 Å². The number of nitrogen functional groups attached to an aromatic ring is 4. The first-order valence-corrected chi connectivity index (χ1v) is 29.3. The first-order chi connectivity index (χ1) is 43.5. The van der Waals surface area contributed by atoms with Crippen LogP contribution in [-0.4, -0.2) is 74.3 Å². The number of nitrogens with one attached hydrogen (secondary N) is 3. The van der Waals surface area contributed by atoms with Gasteiger partial charge in [0.1, 0.15) is 28.6 Å². The molecule has 0 fully saturated rings. The second-order valence-electron chi connectivity index (χ2n) is 20.0. The number of halogens is 3. The van der Waals surface area contributed by atoms with E-state index in [1.807, 2.05) is 134 Å². The summed E-state index contributed by atoms with van der Waals surface area (Å²) < 4.78 is 1.78. The zero-order valence-electron chi connectivity index (χ0n) is 48.6. The third-order valence-corrected chi connectivity index (χ3v) is 14.5. The van der Waals surface area contributed by atoms with E-state index in [0.29, 0.717) is 84.6 Å². The fourth-order valence-corrected chi connectivity index (χ4v) is 10.1. The maximum absolute atomic E-state index is 6.17. The van der Waals surface area contributed by atoms with Gasteiger partial charge in [0, 0.05) is 124 Å². The van der Waals surface area contributed by atoms with Gasteiger partial charge in [0.15, 0.2) is 22.6 Å². The predicted octanol–water partition coefficient (Wildman–Crippen LogP) is 12.7. The minimum atomic E-state index is 0. The number of fused-ring (bicyclic) bond motifs is 5. The molecule has 0 radical (unpaired) electrons. The normalized spacial score (nSPS) is 11.9. The van der Waals surface area contributed by atoms with E-state index >= 15 is 0 Å². The van der Waals surface area contributed by atoms with E-state index in [1.165, 1.54) is 16.7 Å². The maximum Gasteiger partial charge on any atom is 0.239 e. The van der Waals surface area contributed by atoms with Crippen molar-refractivity contribution in [3.05, 3.63) is 230 Å². The SMILES string of the molecule is Clc1nc(Cl)c2c(n1)CC=N2.Clc1nc2c(c(NCc3ccccc3)n1)N=CC2.Nc1ccccc1Cc1nc2c(c(NCc3ccccc3)n1)N=CC2.Nc1ccccc1N.Nc1nc2ccccc2n1-c1nc2c(c(NCc3ccccc3)n1)N=CC2.[W].[W]. The van der Waals surface area contributed by atoms with Crippen LogP contribution in [0.25, 0.3) is 17.0 Å². The standard InChI is InChI=1S/C20H17N7.C20H19N5.C13H11ClN4.C6H3Cl2N3.C6H8N2.2W/c21-19-24-14-8-4-5-9-16(14)27(19)20-25-15-10-11-22-17(15)18(26-20)23-12-13-6-2-1-3-7-13;21-16-9-5-4-8-15(16)12-18-24-17-10-11-22-19(17)20(25-18)23-13-14-6-2-1-3-7-14;14-13-17-10-6-7-15-11(10)12(18-13)16-8-9-4-2-1-3-5-9;7-5-4-3(1-2-9-4)10-6(8)11-5;7-5-3-1-2-4-6(5)8;;/h1-9,11H,10,12H2,(H2,21,24)(H,23,25,26);1-9,11H,10,12-13,21H2,(H,23,24,25);1-5,7H,6,8H2,(H,16,17,18);2H,1H2;1-4H,7-8H2;;. The van der Waals surface area contributed by atoms with E-state index in [1.54, 1.807) is 22.9 Å². The molecule has 21 nitrogen and oxygen atoms in total. The molecule has 91 heavy (non-hydrogen) atoms. The van der Waals surface area contributed by atoms with Gasteiger partial charge < -0.3 is 38.9 Å². The fourth-order valence-electron chi connectivity index (χ4n) is 9.48. The van der Waals surface area contributed by atoms with Gasteiger partial charge in [-0.2, -0.15) is 9.97 Å². The average molecular weight is 1610 g/mol. The van der Waals surface area contributed by atoms with Crippen molar-refractivity contribution >= 4 is 134 Å². The smallest absolute Gasteiger partial charge is 0.239 e. The van der Waals surface area contributed by atoms with E-state index in [-0.39, 0.29) is 52.7 Å². The Labute approximate surface area is 568 Å². The van der Waals surface area contributed by atoms with Crippen LogP contribution < -0.4 is 38.9 Å². The number of benzene rings is 6. The first-order valence-electron chi connectivity index (χ1n) is 28.2. The van der Waals surface area contributed by atoms with Crippen LogP contribution in [0.5, 0.6) is 0 Å². The Morgan fingerprint density at radius 1 is 0.385 bits per heavy atom. The molecule has 0 unspecified atom stereocenters. The van der Waals surface area contributed by atoms with Crippen LogP contribution in [0, 0.1) is 0 Å². The van der Waals surface area contributed by atoms with Gasteiger partial charge >= 0.3 is 0 Å². The molecule has 11 aromatic rings. The molecule has 11 N–H and O–H groups in total. The summed E-state index contributed by atoms with van der Waals surface area (Å²) in [6.45, 7) is 2.04. The topological polar surface area (TPSA) is 311 Å². The largest absolute Gasteiger partial charge is 0.398 e. The Bertz CT molecular complexity index is 4400. The number of hydrogen-bond donors (Lipinski definition) is 7. The Hall–Kier alpha value is -9.36. The van der Waals surface area contributed by atoms with Crippen molar-refractivity contribution < 1.29 is 42.1 Å². The molecule has 4 aliphatic heterocycles. The van der Waals surface area contributed by atoms with Crippen molar-refractivity contribution in [3.63, 3.8) is 0 Å². The van der Waals surface area contributed by atoms with E-state index in [0.717, 1.165) is 86.6 Å². The summed E-state index contributed by atoms with van der Waals surface area (Å²) in [4.78, 5) is 56.4. The number of para-hydroxylation sites is 5. The molecule has 0 bridgehead atoms. The molecule has 0 saturated carbocycles. The quantitative estimate of drug-likeness (QED) is 0.0340. The van der Waals surface area contributed by atoms with Crippen molar-refractivity contribution in [1.29, 1.82) is 0 Å².